The first kappa shape index (κ1) is 18.2. The molecule has 0 spiro atoms. The maximum absolute atomic E-state index is 10.1. The number of aliphatic hydroxyl groups excluding tert-OH is 2. The van der Waals surface area contributed by atoms with E-state index in [-0.39, 0.29) is 13.2 Å². The number of hydrogen-bond acceptors (Lipinski definition) is 4. The number of nitrogens with zero attached hydrogens (tertiary/aromatic N) is 2. The van der Waals surface area contributed by atoms with Crippen molar-refractivity contribution in [3.05, 3.63) is 71.8 Å². The Labute approximate surface area is 143 Å². The lowest BCUT2D eigenvalue weighted by molar-refractivity contribution is 0.156. The van der Waals surface area contributed by atoms with Gasteiger partial charge in [-0.2, -0.15) is 5.26 Å². The van der Waals surface area contributed by atoms with E-state index in [0.29, 0.717) is 26.1 Å². The zero-order chi connectivity index (χ0) is 17.3. The molecule has 2 aromatic rings. The Morgan fingerprint density at radius 1 is 0.792 bits per heavy atom. The maximum Gasteiger partial charge on any atom is 0.108 e. The molecule has 0 heterocycles. The number of aliphatic hydroxyl groups is 2. The summed E-state index contributed by atoms with van der Waals surface area (Å²) in [6, 6.07) is 22.2. The third-order valence-electron chi connectivity index (χ3n) is 4.36. The van der Waals surface area contributed by atoms with Crippen LogP contribution in [0.1, 0.15) is 17.5 Å². The molecule has 0 radical (unpaired) electrons. The van der Waals surface area contributed by atoms with E-state index in [1.165, 1.54) is 0 Å². The molecule has 2 N–H and O–H groups in total. The molecule has 0 amide bonds. The molecule has 0 aliphatic rings. The number of nitriles is 1. The average molecular weight is 324 g/mol. The van der Waals surface area contributed by atoms with Crippen LogP contribution < -0.4 is 0 Å². The minimum absolute atomic E-state index is 0.0379. The van der Waals surface area contributed by atoms with E-state index >= 15 is 0 Å². The molecule has 0 atom stereocenters. The SMILES string of the molecule is N#CC(CCN(CCO)CCO)(c1ccccc1)c1ccccc1. The van der Waals surface area contributed by atoms with Gasteiger partial charge in [0, 0.05) is 19.6 Å². The average Bonchev–Trinajstić information content (AvgIpc) is 2.65. The fraction of sp³-hybridized carbons (Fsp3) is 0.350. The molecule has 0 aliphatic heterocycles. The van der Waals surface area contributed by atoms with Crippen LogP contribution in [-0.4, -0.2) is 48.0 Å². The highest BCUT2D eigenvalue weighted by Crippen LogP contribution is 2.35. The predicted molar refractivity (Wildman–Crippen MR) is 94.5 cm³/mol. The van der Waals surface area contributed by atoms with Crippen molar-refractivity contribution in [3.63, 3.8) is 0 Å². The van der Waals surface area contributed by atoms with Gasteiger partial charge in [-0.05, 0) is 17.5 Å². The lowest BCUT2D eigenvalue weighted by atomic mass is 9.73. The Morgan fingerprint density at radius 3 is 1.62 bits per heavy atom. The predicted octanol–water partition coefficient (Wildman–Crippen LogP) is 2.17. The van der Waals surface area contributed by atoms with E-state index in [1.54, 1.807) is 0 Å². The summed E-state index contributed by atoms with van der Waals surface area (Å²) in [4.78, 5) is 1.98. The fourth-order valence-corrected chi connectivity index (χ4v) is 3.03. The van der Waals surface area contributed by atoms with Crippen molar-refractivity contribution in [2.24, 2.45) is 0 Å². The first-order chi connectivity index (χ1) is 11.8. The van der Waals surface area contributed by atoms with Gasteiger partial charge in [0.1, 0.15) is 5.41 Å². The summed E-state index contributed by atoms with van der Waals surface area (Å²) in [5.74, 6) is 0. The summed E-state index contributed by atoms with van der Waals surface area (Å²) in [5.41, 5.74) is 1.18. The zero-order valence-electron chi connectivity index (χ0n) is 13.8. The van der Waals surface area contributed by atoms with E-state index in [1.807, 2.05) is 65.6 Å². The van der Waals surface area contributed by atoms with Crippen molar-refractivity contribution in [2.75, 3.05) is 32.8 Å². The molecule has 2 rings (SSSR count). The highest BCUT2D eigenvalue weighted by molar-refractivity contribution is 5.45. The summed E-state index contributed by atoms with van der Waals surface area (Å²) in [5, 5.41) is 28.5. The van der Waals surface area contributed by atoms with Crippen molar-refractivity contribution < 1.29 is 10.2 Å². The van der Waals surface area contributed by atoms with Crippen molar-refractivity contribution >= 4 is 0 Å². The van der Waals surface area contributed by atoms with E-state index in [0.717, 1.165) is 11.1 Å². The Balaban J connectivity index is 2.35. The zero-order valence-corrected chi connectivity index (χ0v) is 13.8. The van der Waals surface area contributed by atoms with Gasteiger partial charge >= 0.3 is 0 Å². The Bertz CT molecular complexity index is 592. The van der Waals surface area contributed by atoms with Crippen LogP contribution in [0.4, 0.5) is 0 Å². The van der Waals surface area contributed by atoms with E-state index in [9.17, 15) is 15.5 Å². The van der Waals surface area contributed by atoms with Gasteiger partial charge in [-0.1, -0.05) is 60.7 Å². The van der Waals surface area contributed by atoms with Gasteiger partial charge in [-0.15, -0.1) is 0 Å². The Morgan fingerprint density at radius 2 is 1.25 bits per heavy atom. The molecule has 0 fully saturated rings. The second kappa shape index (κ2) is 9.19. The fourth-order valence-electron chi connectivity index (χ4n) is 3.03. The molecule has 126 valence electrons. The molecule has 0 bridgehead atoms. The minimum Gasteiger partial charge on any atom is -0.395 e. The van der Waals surface area contributed by atoms with Gasteiger partial charge in [0.2, 0.25) is 0 Å². The molecule has 4 heteroatoms. The van der Waals surface area contributed by atoms with Gasteiger partial charge in [-0.3, -0.25) is 4.90 Å². The highest BCUT2D eigenvalue weighted by atomic mass is 16.3. The van der Waals surface area contributed by atoms with Crippen LogP contribution in [0, 0.1) is 11.3 Å². The monoisotopic (exact) mass is 324 g/mol. The van der Waals surface area contributed by atoms with Crippen LogP contribution in [0.25, 0.3) is 0 Å². The summed E-state index contributed by atoms with van der Waals surface area (Å²) < 4.78 is 0. The summed E-state index contributed by atoms with van der Waals surface area (Å²) in [6.07, 6.45) is 0.595. The number of hydrogen-bond donors (Lipinski definition) is 2. The second-order valence-corrected chi connectivity index (χ2v) is 5.79. The maximum atomic E-state index is 10.1. The van der Waals surface area contributed by atoms with E-state index in [4.69, 9.17) is 0 Å². The third kappa shape index (κ3) is 4.21. The number of benzene rings is 2. The van der Waals surface area contributed by atoms with Crippen LogP contribution >= 0.6 is 0 Å². The Kier molecular flexibility index (Phi) is 6.95. The molecule has 24 heavy (non-hydrogen) atoms. The smallest absolute Gasteiger partial charge is 0.108 e. The molecule has 0 aliphatic carbocycles. The van der Waals surface area contributed by atoms with Gasteiger partial charge in [-0.25, -0.2) is 0 Å². The first-order valence-corrected chi connectivity index (χ1v) is 8.23. The van der Waals surface area contributed by atoms with Crippen LogP contribution in [0.3, 0.4) is 0 Å². The Hall–Kier alpha value is -2.19. The first-order valence-electron chi connectivity index (χ1n) is 8.23. The molecule has 0 aromatic heterocycles. The minimum atomic E-state index is -0.744. The van der Waals surface area contributed by atoms with Crippen molar-refractivity contribution in [1.82, 2.24) is 4.90 Å². The largest absolute Gasteiger partial charge is 0.395 e. The molecule has 0 saturated carbocycles. The normalized spacial score (nSPS) is 11.4. The number of rotatable bonds is 9. The van der Waals surface area contributed by atoms with Crippen LogP contribution in [-0.2, 0) is 5.41 Å². The van der Waals surface area contributed by atoms with Gasteiger partial charge in [0.15, 0.2) is 0 Å². The van der Waals surface area contributed by atoms with Crippen LogP contribution in [0.2, 0.25) is 0 Å². The molecular weight excluding hydrogens is 300 g/mol. The van der Waals surface area contributed by atoms with E-state index < -0.39 is 5.41 Å². The lowest BCUT2D eigenvalue weighted by Crippen LogP contribution is -2.36. The molecule has 0 unspecified atom stereocenters. The quantitative estimate of drug-likeness (QED) is 0.742. The highest BCUT2D eigenvalue weighted by Gasteiger charge is 2.34. The lowest BCUT2D eigenvalue weighted by Gasteiger charge is -2.31. The summed E-state index contributed by atoms with van der Waals surface area (Å²) in [6.45, 7) is 1.68. The molecular formula is C20H24N2O2. The third-order valence-corrected chi connectivity index (χ3v) is 4.36. The second-order valence-electron chi connectivity index (χ2n) is 5.79. The van der Waals surface area contributed by atoms with Crippen molar-refractivity contribution in [3.8, 4) is 6.07 Å². The topological polar surface area (TPSA) is 67.5 Å². The van der Waals surface area contributed by atoms with Gasteiger partial charge < -0.3 is 10.2 Å². The van der Waals surface area contributed by atoms with Crippen LogP contribution in [0.5, 0.6) is 0 Å². The molecule has 2 aromatic carbocycles. The van der Waals surface area contributed by atoms with Crippen LogP contribution in [0.15, 0.2) is 60.7 Å². The van der Waals surface area contributed by atoms with Crippen molar-refractivity contribution in [2.45, 2.75) is 11.8 Å². The summed E-state index contributed by atoms with van der Waals surface area (Å²) in [7, 11) is 0. The van der Waals surface area contributed by atoms with Crippen molar-refractivity contribution in [1.29, 1.82) is 5.26 Å². The van der Waals surface area contributed by atoms with E-state index in [2.05, 4.69) is 6.07 Å². The standard InChI is InChI=1S/C20H24N2O2/c21-17-20(18-7-3-1-4-8-18,19-9-5-2-6-10-19)11-12-22(13-15-23)14-16-24/h1-10,23-24H,11-16H2. The van der Waals surface area contributed by atoms with Gasteiger partial charge in [0.05, 0.1) is 19.3 Å². The van der Waals surface area contributed by atoms with Gasteiger partial charge in [0.25, 0.3) is 0 Å². The molecule has 0 saturated heterocycles. The molecule has 4 nitrogen and oxygen atoms in total. The summed E-state index contributed by atoms with van der Waals surface area (Å²) >= 11 is 0.